The van der Waals surface area contributed by atoms with Gasteiger partial charge in [-0.1, -0.05) is 61.0 Å². The van der Waals surface area contributed by atoms with Crippen LogP contribution in [0.3, 0.4) is 0 Å². The number of fused-ring (bicyclic) bond motifs is 1. The number of benzene rings is 4. The van der Waals surface area contributed by atoms with Gasteiger partial charge in [0.1, 0.15) is 16.9 Å². The van der Waals surface area contributed by atoms with E-state index < -0.39 is 17.0 Å². The molecule has 3 saturated heterocycles. The number of nitrogens with zero attached hydrogens (tertiary/aromatic N) is 10. The Bertz CT molecular complexity index is 3460. The number of nitrogens with two attached hydrogens (primary N) is 1. The van der Waals surface area contributed by atoms with Crippen molar-refractivity contribution >= 4 is 24.4 Å². The van der Waals surface area contributed by atoms with E-state index in [2.05, 4.69) is 20.4 Å². The van der Waals surface area contributed by atoms with Crippen LogP contribution >= 0.6 is 0 Å². The Morgan fingerprint density at radius 3 is 1.69 bits per heavy atom. The Kier molecular flexibility index (Phi) is 22.4. The lowest BCUT2D eigenvalue weighted by atomic mass is 9.91. The predicted molar refractivity (Wildman–Crippen MR) is 349 cm³/mol. The maximum absolute atomic E-state index is 14.1. The molecule has 7 aromatic rings. The summed E-state index contributed by atoms with van der Waals surface area (Å²) in [5, 5.41) is 16.9. The number of likely N-dealkylation sites (tertiary alicyclic amines) is 3. The van der Waals surface area contributed by atoms with Crippen molar-refractivity contribution < 1.29 is 42.9 Å². The molecule has 4 aromatic carbocycles. The standard InChI is InChI=1S/C30H36N4O4.C20H28N4O2.C10H20N2O2.C10H8N2O/c1-30(2)37-27-18-21(17-26(36-3)28(27)38-30)29(35)32(20-25-13-8-15-33(25)23-11-7-12-23)19-22-14-16-34(31-22)24-9-5-4-6-10-24;1-20(2,3)26-19(25)23-12-7-10-18(23)15-21-14-16-11-13-24(22-16)17-8-5-4-6-9-17;1-10(2,3)14-9(13)12-6-4-5-8(12)7-11;13-8-9-6-7-12(11-9)10-4-2-1-3-5-10/h4-6,9-10,14,16-18,23,25H,7-8,11-13,15,19-20H2,1-3H3;4-6,8-9,11,13,18,21H,7,10,12,14-15H2,1-3H3;8H,4-7,11H2,1-3H3;1-8H/t25-;18-;;/m00../s1. The van der Waals surface area contributed by atoms with Crippen LogP contribution in [-0.4, -0.2) is 161 Å². The summed E-state index contributed by atoms with van der Waals surface area (Å²) < 4.78 is 33.7. The van der Waals surface area contributed by atoms with Gasteiger partial charge in [0.05, 0.1) is 42.1 Å². The predicted octanol–water partition coefficient (Wildman–Crippen LogP) is 11.4. The van der Waals surface area contributed by atoms with Crippen LogP contribution < -0.4 is 25.3 Å². The lowest BCUT2D eigenvalue weighted by Gasteiger charge is -2.40. The number of amides is 3. The third-order valence-electron chi connectivity index (χ3n) is 16.3. The van der Waals surface area contributed by atoms with Gasteiger partial charge in [0.25, 0.3) is 5.91 Å². The van der Waals surface area contributed by atoms with E-state index in [-0.39, 0.29) is 30.2 Å². The van der Waals surface area contributed by atoms with Gasteiger partial charge in [-0.05, 0) is 166 Å². The van der Waals surface area contributed by atoms with E-state index in [9.17, 15) is 19.2 Å². The average Bonchev–Trinajstić information content (AvgIpc) is 1.82. The zero-order chi connectivity index (χ0) is 64.7. The van der Waals surface area contributed by atoms with Crippen molar-refractivity contribution in [3.63, 3.8) is 0 Å². The Labute approximate surface area is 535 Å². The highest BCUT2D eigenvalue weighted by atomic mass is 16.7. The number of para-hydroxylation sites is 3. The second-order valence-electron chi connectivity index (χ2n) is 26.0. The van der Waals surface area contributed by atoms with Crippen LogP contribution in [0.2, 0.25) is 0 Å². The first kappa shape index (κ1) is 66.9. The summed E-state index contributed by atoms with van der Waals surface area (Å²) in [6.07, 6.45) is 16.2. The minimum absolute atomic E-state index is 0.0610. The van der Waals surface area contributed by atoms with Gasteiger partial charge >= 0.3 is 12.2 Å². The molecule has 3 atom stereocenters. The largest absolute Gasteiger partial charge is 0.493 e. The molecule has 1 unspecified atom stereocenters. The molecule has 0 spiro atoms. The van der Waals surface area contributed by atoms with Gasteiger partial charge in [-0.25, -0.2) is 23.6 Å². The molecule has 3 amide bonds. The Morgan fingerprint density at radius 2 is 1.16 bits per heavy atom. The van der Waals surface area contributed by atoms with Crippen LogP contribution in [0.1, 0.15) is 145 Å². The number of methoxy groups -OCH3 is 1. The molecule has 3 aromatic heterocycles. The molecule has 1 aliphatic carbocycles. The molecule has 3 N–H and O–H groups in total. The zero-order valence-corrected chi connectivity index (χ0v) is 54.4. The molecule has 21 nitrogen and oxygen atoms in total. The highest BCUT2D eigenvalue weighted by Crippen LogP contribution is 2.47. The first-order valence-corrected chi connectivity index (χ1v) is 32.0. The van der Waals surface area contributed by atoms with E-state index in [4.69, 9.17) is 34.5 Å². The third-order valence-corrected chi connectivity index (χ3v) is 16.3. The van der Waals surface area contributed by atoms with Crippen molar-refractivity contribution in [1.29, 1.82) is 0 Å². The van der Waals surface area contributed by atoms with Gasteiger partial charge in [-0.2, -0.15) is 15.3 Å². The summed E-state index contributed by atoms with van der Waals surface area (Å²) in [5.74, 6) is 0.696. The molecule has 21 heteroatoms. The number of carbonyl (C=O) groups is 4. The normalized spacial score (nSPS) is 18.4. The van der Waals surface area contributed by atoms with E-state index in [1.807, 2.05) is 190 Å². The molecule has 1 saturated carbocycles. The smallest absolute Gasteiger partial charge is 0.410 e. The maximum atomic E-state index is 14.1. The van der Waals surface area contributed by atoms with Crippen LogP contribution in [0.5, 0.6) is 17.2 Å². The van der Waals surface area contributed by atoms with E-state index >= 15 is 0 Å². The van der Waals surface area contributed by atoms with Crippen LogP contribution in [-0.2, 0) is 22.6 Å². The van der Waals surface area contributed by atoms with Crippen LogP contribution in [0.25, 0.3) is 17.1 Å². The molecular weight excluding hydrogens is 1150 g/mol. The van der Waals surface area contributed by atoms with E-state index in [0.29, 0.717) is 66.8 Å². The molecular formula is C70H92N12O9. The molecule has 12 rings (SSSR count). The first-order valence-electron chi connectivity index (χ1n) is 32.0. The molecule has 5 aliphatic rings. The molecule has 486 valence electrons. The lowest BCUT2D eigenvalue weighted by molar-refractivity contribution is -0.0439. The molecule has 4 fully saturated rings. The molecule has 0 radical (unpaired) electrons. The highest BCUT2D eigenvalue weighted by Gasteiger charge is 2.39. The van der Waals surface area contributed by atoms with Crippen LogP contribution in [0.15, 0.2) is 140 Å². The van der Waals surface area contributed by atoms with Gasteiger partial charge in [0.15, 0.2) is 17.8 Å². The second-order valence-corrected chi connectivity index (χ2v) is 26.0. The number of rotatable bonds is 16. The minimum Gasteiger partial charge on any atom is -0.493 e. The fraction of sp³-hybridized carbons (Fsp3) is 0.471. The molecule has 4 aliphatic heterocycles. The van der Waals surface area contributed by atoms with Gasteiger partial charge in [0.2, 0.25) is 11.5 Å². The number of aromatic nitrogens is 6. The quantitative estimate of drug-likeness (QED) is 0.0860. The number of ether oxygens (including phenoxy) is 5. The third kappa shape index (κ3) is 18.6. The Balaban J connectivity index is 0.000000159. The van der Waals surface area contributed by atoms with Gasteiger partial charge in [-0.3, -0.25) is 14.5 Å². The average molecular weight is 1250 g/mol. The zero-order valence-electron chi connectivity index (χ0n) is 54.4. The summed E-state index contributed by atoms with van der Waals surface area (Å²) in [7, 11) is 1.58. The summed E-state index contributed by atoms with van der Waals surface area (Å²) in [6.45, 7) is 20.7. The number of hydrogen-bond acceptors (Lipinski definition) is 15. The summed E-state index contributed by atoms with van der Waals surface area (Å²) in [5.41, 5.74) is 10.5. The lowest BCUT2D eigenvalue weighted by Crippen LogP contribution is -2.48. The fourth-order valence-electron chi connectivity index (χ4n) is 11.8. The Morgan fingerprint density at radius 1 is 0.648 bits per heavy atom. The van der Waals surface area contributed by atoms with Crippen molar-refractivity contribution in [1.82, 2.24) is 54.3 Å². The number of aldehydes is 1. The van der Waals surface area contributed by atoms with Crippen molar-refractivity contribution in [2.45, 2.75) is 167 Å². The monoisotopic (exact) mass is 1240 g/mol. The number of hydrogen-bond donors (Lipinski definition) is 2. The fourth-order valence-corrected chi connectivity index (χ4v) is 11.8. The first-order chi connectivity index (χ1) is 43.7. The molecule has 91 heavy (non-hydrogen) atoms. The van der Waals surface area contributed by atoms with Crippen molar-refractivity contribution in [2.24, 2.45) is 5.73 Å². The number of carbonyl (C=O) groups excluding carboxylic acids is 4. The topological polar surface area (TPSA) is 219 Å². The summed E-state index contributed by atoms with van der Waals surface area (Å²) in [6, 6.07) is 40.3. The van der Waals surface area contributed by atoms with Crippen molar-refractivity contribution in [3.05, 3.63) is 163 Å². The Hall–Kier alpha value is -8.53. The van der Waals surface area contributed by atoms with E-state index in [1.54, 1.807) is 41.1 Å². The van der Waals surface area contributed by atoms with Crippen molar-refractivity contribution in [2.75, 3.05) is 46.4 Å². The van der Waals surface area contributed by atoms with Gasteiger partial charge < -0.3 is 49.4 Å². The van der Waals surface area contributed by atoms with Crippen LogP contribution in [0, 0.1) is 0 Å². The molecule has 0 bridgehead atoms. The maximum Gasteiger partial charge on any atom is 0.410 e. The molecule has 7 heterocycles. The highest BCUT2D eigenvalue weighted by molar-refractivity contribution is 5.96. The van der Waals surface area contributed by atoms with Crippen LogP contribution in [0.4, 0.5) is 9.59 Å². The SMILES string of the molecule is CC(C)(C)OC(=O)N1CCCC1CN.CC(C)(C)OC(=O)N1CCC[C@H]1CNCc1ccn(-c2ccccc2)n1.COc1cc(C(=O)N(Cc2ccn(-c3ccccc3)n2)C[C@@H]2CCCN2C2CCC2)cc2c1OC(C)(C)O2.O=Cc1ccn(-c2ccccc2)n1. The van der Waals surface area contributed by atoms with Gasteiger partial charge in [0, 0.05) is 101 Å². The number of nitrogens with one attached hydrogen (secondary N) is 1. The summed E-state index contributed by atoms with van der Waals surface area (Å²) in [4.78, 5) is 56.7. The summed E-state index contributed by atoms with van der Waals surface area (Å²) >= 11 is 0. The second kappa shape index (κ2) is 30.5. The minimum atomic E-state index is -0.811. The van der Waals surface area contributed by atoms with Crippen molar-refractivity contribution in [3.8, 4) is 34.3 Å². The van der Waals surface area contributed by atoms with E-state index in [1.165, 1.54) is 25.7 Å². The van der Waals surface area contributed by atoms with Gasteiger partial charge in [-0.15, -0.1) is 0 Å². The van der Waals surface area contributed by atoms with E-state index in [0.717, 1.165) is 93.0 Å².